The summed E-state index contributed by atoms with van der Waals surface area (Å²) in [6, 6.07) is 3.96. The molecule has 0 unspecified atom stereocenters. The highest BCUT2D eigenvalue weighted by Crippen LogP contribution is 2.11. The third-order valence-corrected chi connectivity index (χ3v) is 3.20. The van der Waals surface area contributed by atoms with Crippen molar-refractivity contribution in [3.63, 3.8) is 0 Å². The first-order valence-electron chi connectivity index (χ1n) is 5.37. The van der Waals surface area contributed by atoms with Crippen LogP contribution in [0.1, 0.15) is 11.5 Å². The summed E-state index contributed by atoms with van der Waals surface area (Å²) >= 11 is 1.63. The molecule has 0 aliphatic carbocycles. The van der Waals surface area contributed by atoms with Crippen molar-refractivity contribution in [3.05, 3.63) is 23.7 Å². The number of hydrogen-bond donors (Lipinski definition) is 1. The maximum Gasteiger partial charge on any atom is 0.209 e. The number of aromatic nitrogens is 4. The molecule has 92 valence electrons. The topological polar surface area (TPSA) is 68.8 Å². The van der Waals surface area contributed by atoms with Gasteiger partial charge >= 0.3 is 0 Å². The number of hydrogen-bond acceptors (Lipinski definition) is 6. The number of furan rings is 1. The van der Waals surface area contributed by atoms with Crippen LogP contribution < -0.4 is 5.32 Å². The molecule has 0 spiro atoms. The molecule has 0 saturated carbocycles. The number of tetrazole rings is 1. The van der Waals surface area contributed by atoms with E-state index in [1.54, 1.807) is 16.4 Å². The molecule has 0 saturated heterocycles. The maximum absolute atomic E-state index is 5.45. The van der Waals surface area contributed by atoms with E-state index >= 15 is 0 Å². The lowest BCUT2D eigenvalue weighted by atomic mass is 10.4. The molecule has 0 amide bonds. The highest BCUT2D eigenvalue weighted by Gasteiger charge is 2.02. The summed E-state index contributed by atoms with van der Waals surface area (Å²) in [6.45, 7) is 3.59. The summed E-state index contributed by atoms with van der Waals surface area (Å²) in [4.78, 5) is 0. The van der Waals surface area contributed by atoms with Crippen molar-refractivity contribution in [2.24, 2.45) is 7.05 Å². The van der Waals surface area contributed by atoms with Crippen molar-refractivity contribution in [1.29, 1.82) is 0 Å². The third-order valence-electron chi connectivity index (χ3n) is 2.19. The van der Waals surface area contributed by atoms with Crippen LogP contribution in [0.2, 0.25) is 0 Å². The van der Waals surface area contributed by atoms with E-state index in [0.29, 0.717) is 0 Å². The van der Waals surface area contributed by atoms with Crippen molar-refractivity contribution in [2.75, 3.05) is 12.3 Å². The van der Waals surface area contributed by atoms with Crippen LogP contribution in [0.3, 0.4) is 0 Å². The minimum atomic E-state index is 0.755. The average Bonchev–Trinajstić information content (AvgIpc) is 2.88. The summed E-state index contributed by atoms with van der Waals surface area (Å²) < 4.78 is 7.12. The van der Waals surface area contributed by atoms with Gasteiger partial charge in [-0.2, -0.15) is 0 Å². The van der Waals surface area contributed by atoms with Gasteiger partial charge in [-0.3, -0.25) is 0 Å². The Morgan fingerprint density at radius 3 is 3.00 bits per heavy atom. The normalized spacial score (nSPS) is 10.9. The molecule has 0 aliphatic rings. The first kappa shape index (κ1) is 12.1. The predicted octanol–water partition coefficient (Wildman–Crippen LogP) is 0.993. The van der Waals surface area contributed by atoms with Gasteiger partial charge in [-0.1, -0.05) is 11.8 Å². The monoisotopic (exact) mass is 253 g/mol. The lowest BCUT2D eigenvalue weighted by molar-refractivity contribution is 0.466. The molecule has 1 N–H and O–H groups in total. The van der Waals surface area contributed by atoms with E-state index < -0.39 is 0 Å². The molecule has 0 aliphatic heterocycles. The van der Waals surface area contributed by atoms with Gasteiger partial charge in [0.25, 0.3) is 0 Å². The first-order chi connectivity index (χ1) is 8.25. The zero-order chi connectivity index (χ0) is 12.1. The predicted molar refractivity (Wildman–Crippen MR) is 64.7 cm³/mol. The number of nitrogens with zero attached hydrogens (tertiary/aromatic N) is 4. The largest absolute Gasteiger partial charge is 0.465 e. The van der Waals surface area contributed by atoms with E-state index in [4.69, 9.17) is 4.42 Å². The Morgan fingerprint density at radius 1 is 1.47 bits per heavy atom. The van der Waals surface area contributed by atoms with Crippen LogP contribution in [-0.4, -0.2) is 32.5 Å². The first-order valence-corrected chi connectivity index (χ1v) is 6.35. The fourth-order valence-electron chi connectivity index (χ4n) is 1.35. The van der Waals surface area contributed by atoms with Gasteiger partial charge in [-0.05, 0) is 29.5 Å². The smallest absolute Gasteiger partial charge is 0.209 e. The molecule has 0 aromatic carbocycles. The molecule has 6 nitrogen and oxygen atoms in total. The fourth-order valence-corrected chi connectivity index (χ4v) is 2.10. The van der Waals surface area contributed by atoms with Crippen LogP contribution >= 0.6 is 11.8 Å². The molecule has 17 heavy (non-hydrogen) atoms. The van der Waals surface area contributed by atoms with Gasteiger partial charge in [0.15, 0.2) is 0 Å². The van der Waals surface area contributed by atoms with E-state index in [1.165, 1.54) is 0 Å². The Hall–Kier alpha value is -1.34. The van der Waals surface area contributed by atoms with Crippen LogP contribution in [0.15, 0.2) is 21.7 Å². The molecule has 2 heterocycles. The fraction of sp³-hybridized carbons (Fsp3) is 0.500. The second-order valence-corrected chi connectivity index (χ2v) is 4.68. The standard InChI is InChI=1S/C10H15N5OS/c1-8-3-4-9(16-8)7-11-5-6-17-10-12-13-14-15(10)2/h3-4,11H,5-7H2,1-2H3. The number of aryl methyl sites for hydroxylation is 2. The number of thioether (sulfide) groups is 1. The third kappa shape index (κ3) is 3.57. The minimum absolute atomic E-state index is 0.755. The van der Waals surface area contributed by atoms with Crippen LogP contribution in [-0.2, 0) is 13.6 Å². The molecule has 2 aromatic heterocycles. The van der Waals surface area contributed by atoms with Gasteiger partial charge < -0.3 is 9.73 Å². The molecule has 2 aromatic rings. The number of rotatable bonds is 6. The highest BCUT2D eigenvalue weighted by molar-refractivity contribution is 7.99. The van der Waals surface area contributed by atoms with E-state index in [2.05, 4.69) is 20.8 Å². The summed E-state index contributed by atoms with van der Waals surface area (Å²) in [7, 11) is 1.83. The summed E-state index contributed by atoms with van der Waals surface area (Å²) in [5, 5.41) is 15.4. The van der Waals surface area contributed by atoms with E-state index in [-0.39, 0.29) is 0 Å². The van der Waals surface area contributed by atoms with Crippen molar-refractivity contribution >= 4 is 11.8 Å². The molecule has 7 heteroatoms. The van der Waals surface area contributed by atoms with Gasteiger partial charge in [0.05, 0.1) is 6.54 Å². The second-order valence-electron chi connectivity index (χ2n) is 3.62. The van der Waals surface area contributed by atoms with Crippen molar-refractivity contribution < 1.29 is 4.42 Å². The Balaban J connectivity index is 1.62. The molecule has 0 atom stereocenters. The Bertz CT molecular complexity index is 467. The van der Waals surface area contributed by atoms with Crippen molar-refractivity contribution in [2.45, 2.75) is 18.6 Å². The average molecular weight is 253 g/mol. The van der Waals surface area contributed by atoms with Crippen molar-refractivity contribution in [3.8, 4) is 0 Å². The van der Waals surface area contributed by atoms with E-state index in [1.807, 2.05) is 26.1 Å². The lowest BCUT2D eigenvalue weighted by Gasteiger charge is -2.01. The quantitative estimate of drug-likeness (QED) is 0.611. The molecular formula is C10H15N5OS. The Kier molecular flexibility index (Phi) is 4.16. The summed E-state index contributed by atoms with van der Waals surface area (Å²) in [6.07, 6.45) is 0. The molecule has 2 rings (SSSR count). The molecule has 0 radical (unpaired) electrons. The highest BCUT2D eigenvalue weighted by atomic mass is 32.2. The summed E-state index contributed by atoms with van der Waals surface area (Å²) in [5.74, 6) is 2.84. The van der Waals surface area contributed by atoms with Gasteiger partial charge in [-0.25, -0.2) is 4.68 Å². The SMILES string of the molecule is Cc1ccc(CNCCSc2nnnn2C)o1. The van der Waals surface area contributed by atoms with E-state index in [9.17, 15) is 0 Å². The van der Waals surface area contributed by atoms with Gasteiger partial charge in [0, 0.05) is 19.3 Å². The zero-order valence-corrected chi connectivity index (χ0v) is 10.7. The van der Waals surface area contributed by atoms with Crippen LogP contribution in [0.25, 0.3) is 0 Å². The Morgan fingerprint density at radius 2 is 2.35 bits per heavy atom. The van der Waals surface area contributed by atoms with Crippen molar-refractivity contribution in [1.82, 2.24) is 25.5 Å². The number of nitrogens with one attached hydrogen (secondary N) is 1. The molecule has 0 fully saturated rings. The van der Waals surface area contributed by atoms with Crippen LogP contribution in [0.4, 0.5) is 0 Å². The molecule has 0 bridgehead atoms. The lowest BCUT2D eigenvalue weighted by Crippen LogP contribution is -2.16. The molecular weight excluding hydrogens is 238 g/mol. The van der Waals surface area contributed by atoms with E-state index in [0.717, 1.165) is 35.5 Å². The zero-order valence-electron chi connectivity index (χ0n) is 9.88. The van der Waals surface area contributed by atoms with Gasteiger partial charge in [0.1, 0.15) is 11.5 Å². The maximum atomic E-state index is 5.45. The second kappa shape index (κ2) is 5.83. The Labute approximate surface area is 104 Å². The van der Waals surface area contributed by atoms with Crippen LogP contribution in [0.5, 0.6) is 0 Å². The van der Waals surface area contributed by atoms with Gasteiger partial charge in [0.2, 0.25) is 5.16 Å². The van der Waals surface area contributed by atoms with Gasteiger partial charge in [-0.15, -0.1) is 5.10 Å². The summed E-state index contributed by atoms with van der Waals surface area (Å²) in [5.41, 5.74) is 0. The minimum Gasteiger partial charge on any atom is -0.465 e. The van der Waals surface area contributed by atoms with Crippen LogP contribution in [0, 0.1) is 6.92 Å².